The second-order valence-corrected chi connectivity index (χ2v) is 7.13. The number of hydrogen-bond acceptors (Lipinski definition) is 4. The predicted octanol–water partition coefficient (Wildman–Crippen LogP) is 5.42. The summed E-state index contributed by atoms with van der Waals surface area (Å²) >= 11 is 6.32. The first-order chi connectivity index (χ1) is 13.9. The van der Waals surface area contributed by atoms with Gasteiger partial charge in [-0.1, -0.05) is 29.8 Å². The molecular formula is C23H18ClNO4. The van der Waals surface area contributed by atoms with Crippen LogP contribution in [0.1, 0.15) is 23.0 Å². The van der Waals surface area contributed by atoms with E-state index in [1.807, 2.05) is 35.8 Å². The lowest BCUT2D eigenvalue weighted by molar-refractivity contribution is 0.101. The summed E-state index contributed by atoms with van der Waals surface area (Å²) in [6.45, 7) is 3.33. The quantitative estimate of drug-likeness (QED) is 0.334. The lowest BCUT2D eigenvalue weighted by Crippen LogP contribution is -2.07. The highest BCUT2D eigenvalue weighted by Crippen LogP contribution is 2.33. The number of fused-ring (bicyclic) bond motifs is 1. The molecule has 0 unspecified atom stereocenters. The van der Waals surface area contributed by atoms with Crippen molar-refractivity contribution in [2.75, 3.05) is 7.11 Å². The van der Waals surface area contributed by atoms with Crippen molar-refractivity contribution in [1.82, 2.24) is 4.57 Å². The number of nitrogens with zero attached hydrogens (tertiary/aromatic N) is 1. The number of aromatic nitrogens is 1. The molecule has 0 saturated carbocycles. The number of carbonyl (C=O) groups excluding carboxylic acids is 1. The first kappa shape index (κ1) is 19.0. The number of ketones is 1. The van der Waals surface area contributed by atoms with Crippen LogP contribution in [0.25, 0.3) is 27.9 Å². The van der Waals surface area contributed by atoms with Gasteiger partial charge in [0, 0.05) is 22.3 Å². The van der Waals surface area contributed by atoms with Crippen LogP contribution in [-0.2, 0) is 0 Å². The SMILES string of the molecule is COc1ccc(-n2c(-c3cc4ccccc4oc3=O)cc(C(C)=O)c2C)cc1Cl. The zero-order valence-electron chi connectivity index (χ0n) is 16.2. The Morgan fingerprint density at radius 1 is 1.10 bits per heavy atom. The lowest BCUT2D eigenvalue weighted by Gasteiger charge is -2.13. The van der Waals surface area contributed by atoms with E-state index in [0.717, 1.165) is 5.39 Å². The fourth-order valence-corrected chi connectivity index (χ4v) is 3.78. The smallest absolute Gasteiger partial charge is 0.345 e. The van der Waals surface area contributed by atoms with Crippen molar-refractivity contribution in [2.24, 2.45) is 0 Å². The van der Waals surface area contributed by atoms with Crippen LogP contribution in [0.4, 0.5) is 0 Å². The van der Waals surface area contributed by atoms with E-state index in [-0.39, 0.29) is 5.78 Å². The predicted molar refractivity (Wildman–Crippen MR) is 114 cm³/mol. The highest BCUT2D eigenvalue weighted by molar-refractivity contribution is 6.32. The van der Waals surface area contributed by atoms with Crippen molar-refractivity contribution in [3.8, 4) is 22.7 Å². The molecule has 0 N–H and O–H groups in total. The van der Waals surface area contributed by atoms with E-state index in [1.165, 1.54) is 6.92 Å². The van der Waals surface area contributed by atoms with E-state index in [9.17, 15) is 9.59 Å². The van der Waals surface area contributed by atoms with E-state index in [4.69, 9.17) is 20.8 Å². The summed E-state index contributed by atoms with van der Waals surface area (Å²) in [4.78, 5) is 25.0. The third-order valence-corrected chi connectivity index (χ3v) is 5.23. The summed E-state index contributed by atoms with van der Waals surface area (Å²) in [5.74, 6) is 0.450. The number of halogens is 1. The topological polar surface area (TPSA) is 61.4 Å². The van der Waals surface area contributed by atoms with Crippen molar-refractivity contribution >= 4 is 28.4 Å². The molecule has 0 aliphatic heterocycles. The maximum absolute atomic E-state index is 12.8. The number of rotatable bonds is 4. The Morgan fingerprint density at radius 2 is 1.86 bits per heavy atom. The second-order valence-electron chi connectivity index (χ2n) is 6.72. The first-order valence-electron chi connectivity index (χ1n) is 9.01. The lowest BCUT2D eigenvalue weighted by atomic mass is 10.1. The zero-order chi connectivity index (χ0) is 20.7. The Bertz CT molecular complexity index is 1320. The minimum absolute atomic E-state index is 0.0905. The van der Waals surface area contributed by atoms with Crippen LogP contribution in [0.3, 0.4) is 0 Å². The Morgan fingerprint density at radius 3 is 2.55 bits per heavy atom. The van der Waals surface area contributed by atoms with Crippen LogP contribution in [0.15, 0.2) is 63.8 Å². The van der Waals surface area contributed by atoms with Gasteiger partial charge in [-0.25, -0.2) is 4.79 Å². The fraction of sp³-hybridized carbons (Fsp3) is 0.130. The Kier molecular flexibility index (Phi) is 4.76. The summed E-state index contributed by atoms with van der Waals surface area (Å²) in [6.07, 6.45) is 0. The number of hydrogen-bond donors (Lipinski definition) is 0. The molecule has 0 spiro atoms. The number of benzene rings is 2. The van der Waals surface area contributed by atoms with E-state index in [2.05, 4.69) is 0 Å². The monoisotopic (exact) mass is 407 g/mol. The Labute approximate surface area is 172 Å². The molecule has 0 aliphatic rings. The summed E-state index contributed by atoms with van der Waals surface area (Å²) in [6, 6.07) is 16.1. The molecule has 0 fully saturated rings. The van der Waals surface area contributed by atoms with Gasteiger partial charge in [0.15, 0.2) is 5.78 Å². The number of methoxy groups -OCH3 is 1. The van der Waals surface area contributed by atoms with Crippen molar-refractivity contribution in [3.05, 3.63) is 81.3 Å². The van der Waals surface area contributed by atoms with E-state index < -0.39 is 5.63 Å². The Balaban J connectivity index is 2.03. The minimum atomic E-state index is -0.475. The first-order valence-corrected chi connectivity index (χ1v) is 9.39. The molecule has 5 nitrogen and oxygen atoms in total. The van der Waals surface area contributed by atoms with Gasteiger partial charge in [0.1, 0.15) is 11.3 Å². The van der Waals surface area contributed by atoms with Crippen LogP contribution >= 0.6 is 11.6 Å². The molecule has 146 valence electrons. The molecule has 2 heterocycles. The van der Waals surface area contributed by atoms with Crippen LogP contribution in [0.2, 0.25) is 5.02 Å². The molecule has 4 aromatic rings. The number of ether oxygens (including phenoxy) is 1. The van der Waals surface area contributed by atoms with Crippen LogP contribution in [0, 0.1) is 6.92 Å². The maximum Gasteiger partial charge on any atom is 0.345 e. The average molecular weight is 408 g/mol. The minimum Gasteiger partial charge on any atom is -0.495 e. The molecule has 0 bridgehead atoms. The molecule has 0 aliphatic carbocycles. The summed E-state index contributed by atoms with van der Waals surface area (Å²) in [5.41, 5.74) is 2.91. The van der Waals surface area contributed by atoms with Crippen molar-refractivity contribution < 1.29 is 13.9 Å². The fourth-order valence-electron chi connectivity index (χ4n) is 3.53. The maximum atomic E-state index is 12.8. The van der Waals surface area contributed by atoms with Gasteiger partial charge in [-0.2, -0.15) is 0 Å². The van der Waals surface area contributed by atoms with Crippen molar-refractivity contribution in [2.45, 2.75) is 13.8 Å². The third-order valence-electron chi connectivity index (χ3n) is 4.94. The number of carbonyl (C=O) groups is 1. The molecule has 2 aromatic heterocycles. The summed E-state index contributed by atoms with van der Waals surface area (Å²) in [7, 11) is 1.54. The third kappa shape index (κ3) is 3.23. The number of para-hydroxylation sites is 1. The normalized spacial score (nSPS) is 11.0. The van der Waals surface area contributed by atoms with Gasteiger partial charge in [0.2, 0.25) is 0 Å². The van der Waals surface area contributed by atoms with Gasteiger partial charge in [0.25, 0.3) is 0 Å². The molecule has 6 heteroatoms. The van der Waals surface area contributed by atoms with E-state index in [0.29, 0.717) is 44.6 Å². The number of Topliss-reactive ketones (excluding diaryl/α,β-unsaturated/α-hetero) is 1. The molecule has 4 rings (SSSR count). The largest absolute Gasteiger partial charge is 0.495 e. The second kappa shape index (κ2) is 7.26. The molecule has 0 amide bonds. The highest BCUT2D eigenvalue weighted by Gasteiger charge is 2.21. The summed E-state index contributed by atoms with van der Waals surface area (Å²) in [5, 5.41) is 1.23. The molecule has 0 atom stereocenters. The van der Waals surface area contributed by atoms with Gasteiger partial charge in [-0.05, 0) is 50.2 Å². The highest BCUT2D eigenvalue weighted by atomic mass is 35.5. The summed E-state index contributed by atoms with van der Waals surface area (Å²) < 4.78 is 12.6. The van der Waals surface area contributed by atoms with Gasteiger partial charge >= 0.3 is 5.63 Å². The van der Waals surface area contributed by atoms with E-state index in [1.54, 1.807) is 37.4 Å². The average Bonchev–Trinajstić information content (AvgIpc) is 3.04. The van der Waals surface area contributed by atoms with Gasteiger partial charge in [-0.3, -0.25) is 4.79 Å². The van der Waals surface area contributed by atoms with Gasteiger partial charge in [-0.15, -0.1) is 0 Å². The van der Waals surface area contributed by atoms with Crippen LogP contribution in [0.5, 0.6) is 5.75 Å². The van der Waals surface area contributed by atoms with E-state index >= 15 is 0 Å². The zero-order valence-corrected chi connectivity index (χ0v) is 16.9. The molecule has 29 heavy (non-hydrogen) atoms. The molecule has 0 radical (unpaired) electrons. The van der Waals surface area contributed by atoms with Gasteiger partial charge < -0.3 is 13.7 Å². The van der Waals surface area contributed by atoms with Crippen molar-refractivity contribution in [3.63, 3.8) is 0 Å². The van der Waals surface area contributed by atoms with Crippen LogP contribution < -0.4 is 10.4 Å². The molecule has 2 aromatic carbocycles. The Hall–Kier alpha value is -3.31. The van der Waals surface area contributed by atoms with Crippen LogP contribution in [-0.4, -0.2) is 17.5 Å². The molecule has 0 saturated heterocycles. The standard InChI is InChI=1S/C23H18ClNO4/c1-13-17(14(2)26)12-20(25(13)16-8-9-22(28-3)19(24)11-16)18-10-15-6-4-5-7-21(15)29-23(18)27/h4-12H,1-3H3. The van der Waals surface area contributed by atoms with Gasteiger partial charge in [0.05, 0.1) is 23.4 Å². The molecular weight excluding hydrogens is 390 g/mol. The van der Waals surface area contributed by atoms with Crippen molar-refractivity contribution in [1.29, 1.82) is 0 Å².